The van der Waals surface area contributed by atoms with Gasteiger partial charge in [-0.15, -0.1) is 0 Å². The number of rotatable bonds is 2. The zero-order valence-electron chi connectivity index (χ0n) is 5.33. The van der Waals surface area contributed by atoms with Gasteiger partial charge in [0.15, 0.2) is 23.0 Å². The molecule has 0 aliphatic carbocycles. The molecule has 10 heavy (non-hydrogen) atoms. The van der Waals surface area contributed by atoms with Crippen molar-refractivity contribution in [2.45, 2.75) is 0 Å². The van der Waals surface area contributed by atoms with Gasteiger partial charge < -0.3 is 3.07 Å². The molecule has 0 heterocycles. The van der Waals surface area contributed by atoms with E-state index in [1.807, 2.05) is 59.4 Å². The minimum absolute atomic E-state index is 1.15. The van der Waals surface area contributed by atoms with Crippen molar-refractivity contribution in [3.63, 3.8) is 0 Å². The van der Waals surface area contributed by atoms with Crippen LogP contribution in [-0.2, 0) is 3.07 Å². The molecule has 0 saturated heterocycles. The topological polar surface area (TPSA) is 9.23 Å². The Labute approximate surface area is 74.4 Å². The predicted octanol–water partition coefficient (Wildman–Crippen LogP) is 3.02. The zero-order valence-corrected chi connectivity index (χ0v) is 7.49. The quantitative estimate of drug-likeness (QED) is 0.575. The summed E-state index contributed by atoms with van der Waals surface area (Å²) in [5.41, 5.74) is 1.15. The number of benzene rings is 1. The van der Waals surface area contributed by atoms with Crippen LogP contribution in [0.2, 0.25) is 0 Å². The molecule has 0 aromatic heterocycles. The number of hydrogen-bond donors (Lipinski definition) is 0. The second-order valence-electron chi connectivity index (χ2n) is 1.80. The lowest BCUT2D eigenvalue weighted by molar-refractivity contribution is 0.642. The molecule has 0 aliphatic heterocycles. The molecule has 0 spiro atoms. The standard InChI is InChI=1S/C8H7IO/c9-10-7-6-8-4-2-1-3-5-8/h1-7H. The van der Waals surface area contributed by atoms with Crippen LogP contribution in [0.5, 0.6) is 0 Å². The maximum atomic E-state index is 4.74. The van der Waals surface area contributed by atoms with E-state index in [-0.39, 0.29) is 0 Å². The van der Waals surface area contributed by atoms with Crippen LogP contribution in [0.25, 0.3) is 6.08 Å². The molecule has 1 rings (SSSR count). The summed E-state index contributed by atoms with van der Waals surface area (Å²) in [6.45, 7) is 0. The van der Waals surface area contributed by atoms with E-state index < -0.39 is 0 Å². The van der Waals surface area contributed by atoms with Gasteiger partial charge in [0.1, 0.15) is 0 Å². The molecule has 1 aromatic carbocycles. The number of hydrogen-bond acceptors (Lipinski definition) is 1. The van der Waals surface area contributed by atoms with Crippen molar-refractivity contribution in [3.8, 4) is 0 Å². The van der Waals surface area contributed by atoms with Crippen molar-refractivity contribution in [1.82, 2.24) is 0 Å². The molecule has 1 nitrogen and oxygen atoms in total. The van der Waals surface area contributed by atoms with Gasteiger partial charge in [-0.25, -0.2) is 0 Å². The Bertz CT molecular complexity index is 206. The molecule has 0 unspecified atom stereocenters. The van der Waals surface area contributed by atoms with Crippen molar-refractivity contribution in [1.29, 1.82) is 0 Å². The lowest BCUT2D eigenvalue weighted by atomic mass is 10.2. The van der Waals surface area contributed by atoms with E-state index in [0.29, 0.717) is 0 Å². The Morgan fingerprint density at radius 3 is 2.50 bits per heavy atom. The van der Waals surface area contributed by atoms with Crippen LogP contribution in [0.3, 0.4) is 0 Å². The normalized spacial score (nSPS) is 10.1. The average molecular weight is 246 g/mol. The van der Waals surface area contributed by atoms with E-state index in [9.17, 15) is 0 Å². The third-order valence-corrected chi connectivity index (χ3v) is 1.41. The zero-order chi connectivity index (χ0) is 7.23. The molecule has 0 atom stereocenters. The molecule has 0 saturated carbocycles. The monoisotopic (exact) mass is 246 g/mol. The second-order valence-corrected chi connectivity index (χ2v) is 2.31. The Kier molecular flexibility index (Phi) is 3.29. The van der Waals surface area contributed by atoms with Crippen LogP contribution in [0, 0.1) is 0 Å². The highest BCUT2D eigenvalue weighted by Gasteiger charge is 1.79. The Hall–Kier alpha value is -0.510. The van der Waals surface area contributed by atoms with Crippen LogP contribution >= 0.6 is 23.0 Å². The Morgan fingerprint density at radius 2 is 1.90 bits per heavy atom. The van der Waals surface area contributed by atoms with Crippen LogP contribution in [0.1, 0.15) is 5.56 Å². The van der Waals surface area contributed by atoms with Gasteiger partial charge in [0.2, 0.25) is 0 Å². The fourth-order valence-electron chi connectivity index (χ4n) is 0.668. The first-order valence-corrected chi connectivity index (χ1v) is 3.80. The van der Waals surface area contributed by atoms with Crippen molar-refractivity contribution >= 4 is 29.1 Å². The SMILES string of the molecule is IOC=Cc1ccccc1. The molecule has 0 aliphatic rings. The van der Waals surface area contributed by atoms with Gasteiger partial charge in [0, 0.05) is 0 Å². The first-order valence-electron chi connectivity index (χ1n) is 2.92. The van der Waals surface area contributed by atoms with E-state index in [1.54, 1.807) is 6.26 Å². The van der Waals surface area contributed by atoms with Gasteiger partial charge in [0.05, 0.1) is 6.26 Å². The largest absolute Gasteiger partial charge is 0.436 e. The number of halogens is 1. The minimum Gasteiger partial charge on any atom is -0.436 e. The van der Waals surface area contributed by atoms with Crippen molar-refractivity contribution < 1.29 is 3.07 Å². The van der Waals surface area contributed by atoms with Crippen molar-refractivity contribution in [3.05, 3.63) is 42.2 Å². The van der Waals surface area contributed by atoms with E-state index in [1.165, 1.54) is 0 Å². The summed E-state index contributed by atoms with van der Waals surface area (Å²) >= 11 is 1.83. The van der Waals surface area contributed by atoms with E-state index in [2.05, 4.69) is 0 Å². The third kappa shape index (κ3) is 2.39. The summed E-state index contributed by atoms with van der Waals surface area (Å²) < 4.78 is 4.74. The summed E-state index contributed by atoms with van der Waals surface area (Å²) in [5, 5.41) is 0. The smallest absolute Gasteiger partial charge is 0.191 e. The van der Waals surface area contributed by atoms with Gasteiger partial charge in [-0.2, -0.15) is 0 Å². The Balaban J connectivity index is 2.67. The first kappa shape index (κ1) is 7.60. The molecular formula is C8H7IO. The highest BCUT2D eigenvalue weighted by Crippen LogP contribution is 2.01. The summed E-state index contributed by atoms with van der Waals surface area (Å²) in [5.74, 6) is 0. The van der Waals surface area contributed by atoms with Gasteiger partial charge in [-0.3, -0.25) is 0 Å². The van der Waals surface area contributed by atoms with Crippen molar-refractivity contribution in [2.24, 2.45) is 0 Å². The Morgan fingerprint density at radius 1 is 1.20 bits per heavy atom. The maximum Gasteiger partial charge on any atom is 0.191 e. The molecule has 52 valence electrons. The molecule has 0 N–H and O–H groups in total. The summed E-state index contributed by atoms with van der Waals surface area (Å²) in [4.78, 5) is 0. The highest BCUT2D eigenvalue weighted by atomic mass is 127. The molecule has 0 amide bonds. The van der Waals surface area contributed by atoms with Gasteiger partial charge >= 0.3 is 0 Å². The molecule has 1 aromatic rings. The third-order valence-electron chi connectivity index (χ3n) is 1.11. The molecule has 0 fully saturated rings. The molecular weight excluding hydrogens is 239 g/mol. The average Bonchev–Trinajstić information content (AvgIpc) is 2.03. The van der Waals surface area contributed by atoms with Crippen LogP contribution < -0.4 is 0 Å². The molecule has 0 radical (unpaired) electrons. The summed E-state index contributed by atoms with van der Waals surface area (Å²) in [6.07, 6.45) is 3.56. The predicted molar refractivity (Wildman–Crippen MR) is 50.6 cm³/mol. The van der Waals surface area contributed by atoms with Gasteiger partial charge in [0.25, 0.3) is 0 Å². The van der Waals surface area contributed by atoms with Gasteiger partial charge in [-0.1, -0.05) is 30.3 Å². The van der Waals surface area contributed by atoms with Gasteiger partial charge in [-0.05, 0) is 11.6 Å². The highest BCUT2D eigenvalue weighted by molar-refractivity contribution is 14.1. The fourth-order valence-corrected chi connectivity index (χ4v) is 0.815. The van der Waals surface area contributed by atoms with E-state index >= 15 is 0 Å². The molecule has 2 heteroatoms. The van der Waals surface area contributed by atoms with Crippen LogP contribution in [0.4, 0.5) is 0 Å². The van der Waals surface area contributed by atoms with E-state index in [0.717, 1.165) is 5.56 Å². The van der Waals surface area contributed by atoms with Crippen LogP contribution in [0.15, 0.2) is 36.6 Å². The second kappa shape index (κ2) is 4.33. The first-order chi connectivity index (χ1) is 4.93. The van der Waals surface area contributed by atoms with E-state index in [4.69, 9.17) is 3.07 Å². The van der Waals surface area contributed by atoms with Crippen LogP contribution in [-0.4, -0.2) is 0 Å². The lowest BCUT2D eigenvalue weighted by Crippen LogP contribution is -1.66. The maximum absolute atomic E-state index is 4.74. The summed E-state index contributed by atoms with van der Waals surface area (Å²) in [6, 6.07) is 10.0. The lowest BCUT2D eigenvalue weighted by Gasteiger charge is -1.88. The molecule has 0 bridgehead atoms. The summed E-state index contributed by atoms with van der Waals surface area (Å²) in [7, 11) is 0. The van der Waals surface area contributed by atoms with Crippen molar-refractivity contribution in [2.75, 3.05) is 0 Å². The fraction of sp³-hybridized carbons (Fsp3) is 0. The minimum atomic E-state index is 1.15.